The molecule has 0 aromatic heterocycles. The number of aliphatic carboxylic acids is 1. The van der Waals surface area contributed by atoms with Crippen molar-refractivity contribution >= 4 is 17.6 Å². The molecular weight excluding hydrogens is 429 g/mol. The third kappa shape index (κ3) is 5.00. The number of carboxylic acid groups (broad SMARTS) is 1. The van der Waals surface area contributed by atoms with E-state index in [-0.39, 0.29) is 17.8 Å². The fourth-order valence-electron chi connectivity index (χ4n) is 4.41. The van der Waals surface area contributed by atoms with Crippen LogP contribution >= 0.6 is 11.6 Å². The Kier molecular flexibility index (Phi) is 5.95. The molecule has 4 atom stereocenters. The molecule has 2 saturated carbocycles. The normalized spacial score (nSPS) is 22.6. The van der Waals surface area contributed by atoms with E-state index in [4.69, 9.17) is 16.3 Å². The molecule has 4 rings (SSSR count). The Hall–Kier alpha value is -2.21. The molecule has 0 aliphatic heterocycles. The van der Waals surface area contributed by atoms with Crippen molar-refractivity contribution in [3.8, 4) is 5.75 Å². The van der Waals surface area contributed by atoms with E-state index >= 15 is 0 Å². The third-order valence-electron chi connectivity index (χ3n) is 6.41. The summed E-state index contributed by atoms with van der Waals surface area (Å²) in [4.78, 5) is 11.5. The second kappa shape index (κ2) is 8.38. The van der Waals surface area contributed by atoms with Crippen LogP contribution in [0.3, 0.4) is 0 Å². The van der Waals surface area contributed by atoms with Crippen molar-refractivity contribution in [2.75, 3.05) is 6.61 Å². The van der Waals surface area contributed by atoms with Gasteiger partial charge in [0.05, 0.1) is 18.1 Å². The van der Waals surface area contributed by atoms with Gasteiger partial charge in [-0.25, -0.2) is 0 Å². The molecule has 0 saturated heterocycles. The lowest BCUT2D eigenvalue weighted by atomic mass is 9.83. The number of halogens is 4. The number of hydrogen-bond acceptors (Lipinski definition) is 2. The van der Waals surface area contributed by atoms with Gasteiger partial charge in [0.2, 0.25) is 0 Å². The maximum Gasteiger partial charge on any atom is 0.416 e. The molecule has 2 fully saturated rings. The van der Waals surface area contributed by atoms with Crippen LogP contribution in [0.5, 0.6) is 5.75 Å². The summed E-state index contributed by atoms with van der Waals surface area (Å²) in [6, 6.07) is 11.0. The first-order valence-corrected chi connectivity index (χ1v) is 10.8. The first-order chi connectivity index (χ1) is 14.6. The van der Waals surface area contributed by atoms with E-state index < -0.39 is 23.6 Å². The van der Waals surface area contributed by atoms with Crippen LogP contribution in [0.25, 0.3) is 0 Å². The van der Waals surface area contributed by atoms with Crippen molar-refractivity contribution < 1.29 is 27.8 Å². The summed E-state index contributed by atoms with van der Waals surface area (Å²) in [5.41, 5.74) is 0.788. The van der Waals surface area contributed by atoms with E-state index in [9.17, 15) is 23.1 Å². The predicted octanol–water partition coefficient (Wildman–Crippen LogP) is 6.76. The lowest BCUT2D eigenvalue weighted by Gasteiger charge is -2.21. The lowest BCUT2D eigenvalue weighted by molar-refractivity contribution is -0.142. The molecule has 2 aliphatic carbocycles. The van der Waals surface area contributed by atoms with Gasteiger partial charge in [-0.3, -0.25) is 4.79 Å². The number of carbonyl (C=O) groups is 1. The van der Waals surface area contributed by atoms with Crippen molar-refractivity contribution in [2.24, 2.45) is 17.8 Å². The van der Waals surface area contributed by atoms with Gasteiger partial charge in [0.1, 0.15) is 5.75 Å². The summed E-state index contributed by atoms with van der Waals surface area (Å²) in [5, 5.41) is 9.81. The Labute approximate surface area is 184 Å². The number of benzene rings is 2. The van der Waals surface area contributed by atoms with Gasteiger partial charge in [-0.05, 0) is 78.5 Å². The Morgan fingerprint density at radius 2 is 1.97 bits per heavy atom. The first kappa shape index (κ1) is 22.0. The Morgan fingerprint density at radius 1 is 1.23 bits per heavy atom. The Balaban J connectivity index is 1.41. The van der Waals surface area contributed by atoms with Crippen molar-refractivity contribution in [3.05, 3.63) is 64.2 Å². The van der Waals surface area contributed by atoms with Gasteiger partial charge in [0.25, 0.3) is 0 Å². The largest absolute Gasteiger partial charge is 0.493 e. The van der Waals surface area contributed by atoms with Crippen LogP contribution in [-0.4, -0.2) is 17.7 Å². The molecule has 0 spiro atoms. The number of alkyl halides is 3. The molecule has 7 heteroatoms. The second-order valence-electron chi connectivity index (χ2n) is 8.71. The number of rotatable bonds is 8. The van der Waals surface area contributed by atoms with E-state index in [0.29, 0.717) is 28.9 Å². The zero-order chi connectivity index (χ0) is 22.3. The van der Waals surface area contributed by atoms with E-state index in [1.807, 2.05) is 24.3 Å². The van der Waals surface area contributed by atoms with Gasteiger partial charge < -0.3 is 9.84 Å². The van der Waals surface area contributed by atoms with Crippen LogP contribution < -0.4 is 4.74 Å². The summed E-state index contributed by atoms with van der Waals surface area (Å²) >= 11 is 6.15. The minimum absolute atomic E-state index is 0.0429. The second-order valence-corrected chi connectivity index (χ2v) is 9.12. The Morgan fingerprint density at radius 3 is 2.61 bits per heavy atom. The highest BCUT2D eigenvalue weighted by Gasteiger charge is 2.42. The molecule has 1 N–H and O–H groups in total. The molecule has 2 aliphatic rings. The molecule has 0 radical (unpaired) electrons. The third-order valence-corrected chi connectivity index (χ3v) is 6.75. The highest BCUT2D eigenvalue weighted by Crippen LogP contribution is 2.51. The molecule has 0 amide bonds. The summed E-state index contributed by atoms with van der Waals surface area (Å²) in [6.45, 7) is 2.12. The minimum Gasteiger partial charge on any atom is -0.493 e. The number of hydrogen-bond donors (Lipinski definition) is 1. The Bertz CT molecular complexity index is 971. The zero-order valence-electron chi connectivity index (χ0n) is 17.0. The van der Waals surface area contributed by atoms with Crippen LogP contribution in [0, 0.1) is 17.8 Å². The average molecular weight is 453 g/mol. The number of ether oxygens (including phenoxy) is 1. The molecule has 166 valence electrons. The van der Waals surface area contributed by atoms with E-state index in [0.717, 1.165) is 37.0 Å². The topological polar surface area (TPSA) is 46.5 Å². The molecule has 2 aromatic carbocycles. The van der Waals surface area contributed by atoms with Crippen LogP contribution in [0.2, 0.25) is 5.02 Å². The van der Waals surface area contributed by atoms with Gasteiger partial charge in [-0.15, -0.1) is 0 Å². The standard InChI is InChI=1S/C24H24ClF3O3/c1-13(23(29)30)22(14-5-6-14)15-3-2-4-18(9-15)31-12-16-10-19(16)20-11-17(24(26,27)28)7-8-21(20)25/h2-4,7-9,11,13-14,16,19,22H,5-6,10,12H2,1H3,(H,29,30). The molecule has 2 aromatic rings. The molecule has 3 nitrogen and oxygen atoms in total. The summed E-state index contributed by atoms with van der Waals surface area (Å²) < 4.78 is 45.0. The van der Waals surface area contributed by atoms with E-state index in [2.05, 4.69) is 0 Å². The predicted molar refractivity (Wildman–Crippen MR) is 112 cm³/mol. The van der Waals surface area contributed by atoms with Gasteiger partial charge in [-0.1, -0.05) is 30.7 Å². The van der Waals surface area contributed by atoms with Gasteiger partial charge in [0, 0.05) is 10.9 Å². The van der Waals surface area contributed by atoms with E-state index in [1.54, 1.807) is 6.92 Å². The lowest BCUT2D eigenvalue weighted by Crippen LogP contribution is -2.20. The summed E-state index contributed by atoms with van der Waals surface area (Å²) in [7, 11) is 0. The maximum atomic E-state index is 13.0. The van der Waals surface area contributed by atoms with Crippen molar-refractivity contribution in [1.82, 2.24) is 0 Å². The number of carboxylic acids is 1. The maximum absolute atomic E-state index is 13.0. The summed E-state index contributed by atoms with van der Waals surface area (Å²) in [5.74, 6) is -0.232. The smallest absolute Gasteiger partial charge is 0.416 e. The van der Waals surface area contributed by atoms with Gasteiger partial charge in [-0.2, -0.15) is 13.2 Å². The highest BCUT2D eigenvalue weighted by atomic mass is 35.5. The fraction of sp³-hybridized carbons (Fsp3) is 0.458. The van der Waals surface area contributed by atoms with E-state index in [1.165, 1.54) is 6.07 Å². The zero-order valence-corrected chi connectivity index (χ0v) is 17.8. The van der Waals surface area contributed by atoms with Crippen LogP contribution in [0.1, 0.15) is 54.7 Å². The SMILES string of the molecule is CC(C(=O)O)C(c1cccc(OCC2CC2c2cc(C(F)(F)F)ccc2Cl)c1)C1CC1. The van der Waals surface area contributed by atoms with Crippen molar-refractivity contribution in [3.63, 3.8) is 0 Å². The average Bonchev–Trinajstić information content (AvgIpc) is 3.62. The van der Waals surface area contributed by atoms with Gasteiger partial charge >= 0.3 is 12.1 Å². The first-order valence-electron chi connectivity index (χ1n) is 10.5. The molecule has 0 bridgehead atoms. The molecule has 4 unspecified atom stereocenters. The van der Waals surface area contributed by atoms with Crippen molar-refractivity contribution in [1.29, 1.82) is 0 Å². The molecule has 31 heavy (non-hydrogen) atoms. The monoisotopic (exact) mass is 452 g/mol. The minimum atomic E-state index is -4.40. The highest BCUT2D eigenvalue weighted by molar-refractivity contribution is 6.31. The van der Waals surface area contributed by atoms with Crippen LogP contribution in [0.4, 0.5) is 13.2 Å². The fourth-order valence-corrected chi connectivity index (χ4v) is 4.67. The molecular formula is C24H24ClF3O3. The molecule has 0 heterocycles. The van der Waals surface area contributed by atoms with Crippen LogP contribution in [-0.2, 0) is 11.0 Å². The quantitative estimate of drug-likeness (QED) is 0.481. The summed E-state index contributed by atoms with van der Waals surface area (Å²) in [6.07, 6.45) is -1.60. The van der Waals surface area contributed by atoms with Gasteiger partial charge in [0.15, 0.2) is 0 Å². The van der Waals surface area contributed by atoms with Crippen LogP contribution in [0.15, 0.2) is 42.5 Å². The van der Waals surface area contributed by atoms with Crippen molar-refractivity contribution in [2.45, 2.75) is 44.2 Å².